The molecule has 0 aliphatic rings. The first-order valence-electron chi connectivity index (χ1n) is 3.17. The Hall–Kier alpha value is -0.900. The molecule has 0 saturated heterocycles. The third-order valence-electron chi connectivity index (χ3n) is 1.20. The second kappa shape index (κ2) is 4.93. The first-order valence-corrected chi connectivity index (χ1v) is 3.17. The molecular weight excluding hydrogens is 132 g/mol. The molecule has 4 N–H and O–H groups in total. The fraction of sp³-hybridized carbons (Fsp3) is 0.667. The van der Waals surface area contributed by atoms with E-state index < -0.39 is 11.9 Å². The fourth-order valence-corrected chi connectivity index (χ4v) is 0.563. The molecule has 1 unspecified atom stereocenters. The minimum Gasteiger partial charge on any atom is -0.368 e. The molecule has 0 aromatic carbocycles. The predicted octanol–water partition coefficient (Wildman–Crippen LogP) is -0.832. The zero-order valence-corrected chi connectivity index (χ0v) is 5.75. The summed E-state index contributed by atoms with van der Waals surface area (Å²) < 4.78 is 0. The number of carbonyl (C=O) groups is 2. The van der Waals surface area contributed by atoms with Crippen molar-refractivity contribution in [3.63, 3.8) is 0 Å². The summed E-state index contributed by atoms with van der Waals surface area (Å²) in [7, 11) is 0. The monoisotopic (exact) mass is 144 g/mol. The molecule has 0 aliphatic heterocycles. The highest BCUT2D eigenvalue weighted by Crippen LogP contribution is 1.95. The molecule has 10 heavy (non-hydrogen) atoms. The van der Waals surface area contributed by atoms with Gasteiger partial charge in [-0.15, -0.1) is 0 Å². The van der Waals surface area contributed by atoms with Crippen LogP contribution in [0.4, 0.5) is 0 Å². The van der Waals surface area contributed by atoms with Gasteiger partial charge in [0, 0.05) is 6.42 Å². The molecule has 1 atom stereocenters. The highest BCUT2D eigenvalue weighted by atomic mass is 16.1. The lowest BCUT2D eigenvalue weighted by Crippen LogP contribution is -2.36. The molecular formula is C6H12N2O2. The Bertz CT molecular complexity index is 125. The van der Waals surface area contributed by atoms with Crippen LogP contribution in [0.2, 0.25) is 0 Å². The summed E-state index contributed by atoms with van der Waals surface area (Å²) in [5.41, 5.74) is 10.1. The van der Waals surface area contributed by atoms with E-state index in [2.05, 4.69) is 0 Å². The van der Waals surface area contributed by atoms with Gasteiger partial charge in [0.25, 0.3) is 0 Å². The van der Waals surface area contributed by atoms with Gasteiger partial charge in [0.05, 0.1) is 6.04 Å². The van der Waals surface area contributed by atoms with E-state index in [1.165, 1.54) is 0 Å². The largest absolute Gasteiger partial charge is 0.368 e. The maximum atomic E-state index is 10.3. The number of hydrogen-bond acceptors (Lipinski definition) is 3. The average Bonchev–Trinajstić information content (AvgIpc) is 1.88. The van der Waals surface area contributed by atoms with Crippen molar-refractivity contribution in [2.75, 3.05) is 0 Å². The first kappa shape index (κ1) is 9.10. The van der Waals surface area contributed by atoms with Crippen molar-refractivity contribution >= 4 is 12.2 Å². The summed E-state index contributed by atoms with van der Waals surface area (Å²) in [5.74, 6) is -0.508. The van der Waals surface area contributed by atoms with E-state index >= 15 is 0 Å². The van der Waals surface area contributed by atoms with Crippen LogP contribution in [0, 0.1) is 0 Å². The van der Waals surface area contributed by atoms with Gasteiger partial charge in [0.2, 0.25) is 5.91 Å². The SMILES string of the molecule is NC(=O)C(N)CCCC=O. The quantitative estimate of drug-likeness (QED) is 0.390. The van der Waals surface area contributed by atoms with Crippen LogP contribution in [0.3, 0.4) is 0 Å². The number of amides is 1. The van der Waals surface area contributed by atoms with Gasteiger partial charge in [-0.25, -0.2) is 0 Å². The molecule has 0 aromatic heterocycles. The van der Waals surface area contributed by atoms with E-state index in [4.69, 9.17) is 11.5 Å². The second-order valence-electron chi connectivity index (χ2n) is 2.11. The van der Waals surface area contributed by atoms with Crippen molar-refractivity contribution in [3.05, 3.63) is 0 Å². The summed E-state index contributed by atoms with van der Waals surface area (Å²) >= 11 is 0. The smallest absolute Gasteiger partial charge is 0.234 e. The number of nitrogens with two attached hydrogens (primary N) is 2. The van der Waals surface area contributed by atoms with Gasteiger partial charge in [0.15, 0.2) is 0 Å². The minimum atomic E-state index is -0.597. The van der Waals surface area contributed by atoms with E-state index in [1.54, 1.807) is 0 Å². The highest BCUT2D eigenvalue weighted by molar-refractivity contribution is 5.79. The summed E-state index contributed by atoms with van der Waals surface area (Å²) in [5, 5.41) is 0. The molecule has 0 aliphatic carbocycles. The standard InChI is InChI=1S/C6H12N2O2/c7-5(6(8)10)3-1-2-4-9/h4-5H,1-3,7H2,(H2,8,10). The summed E-state index contributed by atoms with van der Waals surface area (Å²) in [4.78, 5) is 20.1. The van der Waals surface area contributed by atoms with Crippen LogP contribution in [0.15, 0.2) is 0 Å². The Morgan fingerprint density at radius 1 is 1.60 bits per heavy atom. The van der Waals surface area contributed by atoms with Crippen LogP contribution < -0.4 is 11.5 Å². The maximum absolute atomic E-state index is 10.3. The first-order chi connectivity index (χ1) is 4.68. The predicted molar refractivity (Wildman–Crippen MR) is 37.1 cm³/mol. The van der Waals surface area contributed by atoms with Crippen molar-refractivity contribution in [2.45, 2.75) is 25.3 Å². The molecule has 58 valence electrons. The maximum Gasteiger partial charge on any atom is 0.234 e. The summed E-state index contributed by atoms with van der Waals surface area (Å²) in [6.07, 6.45) is 2.37. The Morgan fingerprint density at radius 3 is 2.60 bits per heavy atom. The molecule has 0 bridgehead atoms. The third-order valence-corrected chi connectivity index (χ3v) is 1.20. The van der Waals surface area contributed by atoms with Crippen LogP contribution in [0.1, 0.15) is 19.3 Å². The molecule has 0 heterocycles. The Morgan fingerprint density at radius 2 is 2.20 bits per heavy atom. The van der Waals surface area contributed by atoms with Gasteiger partial charge in [-0.3, -0.25) is 4.79 Å². The van der Waals surface area contributed by atoms with Gasteiger partial charge < -0.3 is 16.3 Å². The van der Waals surface area contributed by atoms with Gasteiger partial charge in [-0.2, -0.15) is 0 Å². The van der Waals surface area contributed by atoms with Crippen LogP contribution in [0.25, 0.3) is 0 Å². The number of carbonyl (C=O) groups excluding carboxylic acids is 2. The van der Waals surface area contributed by atoms with E-state index in [0.29, 0.717) is 19.3 Å². The van der Waals surface area contributed by atoms with Crippen molar-refractivity contribution < 1.29 is 9.59 Å². The van der Waals surface area contributed by atoms with Crippen LogP contribution in [-0.4, -0.2) is 18.2 Å². The van der Waals surface area contributed by atoms with Crippen molar-refractivity contribution in [3.8, 4) is 0 Å². The zero-order chi connectivity index (χ0) is 7.98. The molecule has 0 radical (unpaired) electrons. The van der Waals surface area contributed by atoms with Crippen molar-refractivity contribution in [1.29, 1.82) is 0 Å². The molecule has 0 saturated carbocycles. The molecule has 0 spiro atoms. The topological polar surface area (TPSA) is 86.2 Å². The van der Waals surface area contributed by atoms with Crippen molar-refractivity contribution in [2.24, 2.45) is 11.5 Å². The number of aldehydes is 1. The average molecular weight is 144 g/mol. The van der Waals surface area contributed by atoms with Gasteiger partial charge in [0.1, 0.15) is 6.29 Å². The minimum absolute atomic E-state index is 0.445. The molecule has 4 heteroatoms. The second-order valence-corrected chi connectivity index (χ2v) is 2.11. The van der Waals surface area contributed by atoms with E-state index in [0.717, 1.165) is 6.29 Å². The van der Waals surface area contributed by atoms with Crippen LogP contribution >= 0.6 is 0 Å². The number of primary amides is 1. The van der Waals surface area contributed by atoms with Crippen LogP contribution in [-0.2, 0) is 9.59 Å². The fourth-order valence-electron chi connectivity index (χ4n) is 0.563. The van der Waals surface area contributed by atoms with Gasteiger partial charge >= 0.3 is 0 Å². The third kappa shape index (κ3) is 4.03. The summed E-state index contributed by atoms with van der Waals surface area (Å²) in [6, 6.07) is -0.597. The van der Waals surface area contributed by atoms with E-state index in [9.17, 15) is 9.59 Å². The number of hydrogen-bond donors (Lipinski definition) is 2. The van der Waals surface area contributed by atoms with E-state index in [-0.39, 0.29) is 0 Å². The zero-order valence-electron chi connectivity index (χ0n) is 5.75. The molecule has 1 amide bonds. The lowest BCUT2D eigenvalue weighted by atomic mass is 10.1. The highest BCUT2D eigenvalue weighted by Gasteiger charge is 2.06. The Labute approximate surface area is 59.6 Å². The lowest BCUT2D eigenvalue weighted by Gasteiger charge is -2.03. The summed E-state index contributed by atoms with van der Waals surface area (Å²) in [6.45, 7) is 0. The van der Waals surface area contributed by atoms with Crippen LogP contribution in [0.5, 0.6) is 0 Å². The lowest BCUT2D eigenvalue weighted by molar-refractivity contribution is -0.119. The Kier molecular flexibility index (Phi) is 4.49. The molecule has 4 nitrogen and oxygen atoms in total. The van der Waals surface area contributed by atoms with Crippen molar-refractivity contribution in [1.82, 2.24) is 0 Å². The van der Waals surface area contributed by atoms with Gasteiger partial charge in [-0.1, -0.05) is 0 Å². The van der Waals surface area contributed by atoms with Gasteiger partial charge in [-0.05, 0) is 12.8 Å². The normalized spacial score (nSPS) is 12.5. The molecule has 0 aromatic rings. The Balaban J connectivity index is 3.30. The number of rotatable bonds is 5. The number of unbranched alkanes of at least 4 members (excludes halogenated alkanes) is 1. The molecule has 0 fully saturated rings. The van der Waals surface area contributed by atoms with E-state index in [1.807, 2.05) is 0 Å². The molecule has 0 rings (SSSR count).